The smallest absolute Gasteiger partial charge is 0.258 e. The molecule has 2 aromatic heterocycles. The van der Waals surface area contributed by atoms with E-state index in [0.29, 0.717) is 24.0 Å². The molecular formula is C25H27N5O2. The third-order valence-corrected chi connectivity index (χ3v) is 5.48. The monoisotopic (exact) mass is 429 g/mol. The molecule has 7 heteroatoms. The fraction of sp³-hybridized carbons (Fsp3) is 0.240. The van der Waals surface area contributed by atoms with Crippen LogP contribution in [-0.4, -0.2) is 52.3 Å². The molecule has 0 atom stereocenters. The predicted octanol–water partition coefficient (Wildman–Crippen LogP) is 2.74. The average Bonchev–Trinajstić information content (AvgIpc) is 3.21. The van der Waals surface area contributed by atoms with Crippen LogP contribution < -0.4 is 10.9 Å². The maximum absolute atomic E-state index is 13.1. The fourth-order valence-corrected chi connectivity index (χ4v) is 3.73. The summed E-state index contributed by atoms with van der Waals surface area (Å²) in [6.07, 6.45) is 3.57. The zero-order chi connectivity index (χ0) is 22.7. The Labute approximate surface area is 186 Å². The van der Waals surface area contributed by atoms with E-state index in [-0.39, 0.29) is 11.5 Å². The van der Waals surface area contributed by atoms with E-state index in [9.17, 15) is 9.59 Å². The summed E-state index contributed by atoms with van der Waals surface area (Å²) in [5.74, 6) is -0.109. The second-order valence-electron chi connectivity index (χ2n) is 8.15. The Morgan fingerprint density at radius 3 is 2.69 bits per heavy atom. The van der Waals surface area contributed by atoms with E-state index in [1.807, 2.05) is 85.5 Å². The molecule has 0 aliphatic carbocycles. The zero-order valence-corrected chi connectivity index (χ0v) is 18.6. The van der Waals surface area contributed by atoms with Crippen LogP contribution in [0.4, 0.5) is 0 Å². The molecule has 0 saturated carbocycles. The molecule has 0 unspecified atom stereocenters. The van der Waals surface area contributed by atoms with E-state index in [1.54, 1.807) is 16.8 Å². The Balaban J connectivity index is 1.56. The number of hydrogen-bond acceptors (Lipinski definition) is 4. The number of aryl methyl sites for hydroxylation is 1. The number of rotatable bonds is 7. The number of fused-ring (bicyclic) bond motifs is 1. The lowest BCUT2D eigenvalue weighted by Crippen LogP contribution is -2.31. The fourth-order valence-electron chi connectivity index (χ4n) is 3.73. The van der Waals surface area contributed by atoms with Gasteiger partial charge in [-0.05, 0) is 61.4 Å². The Morgan fingerprint density at radius 1 is 1.09 bits per heavy atom. The number of amides is 1. The third-order valence-electron chi connectivity index (χ3n) is 5.48. The molecule has 7 nitrogen and oxygen atoms in total. The van der Waals surface area contributed by atoms with Crippen molar-refractivity contribution in [3.63, 3.8) is 0 Å². The molecule has 32 heavy (non-hydrogen) atoms. The normalized spacial score (nSPS) is 11.2. The van der Waals surface area contributed by atoms with Gasteiger partial charge in [-0.1, -0.05) is 18.2 Å². The maximum atomic E-state index is 13.1. The minimum atomic E-state index is -0.109. The Kier molecular flexibility index (Phi) is 6.18. The van der Waals surface area contributed by atoms with Gasteiger partial charge < -0.3 is 14.8 Å². The van der Waals surface area contributed by atoms with E-state index in [0.717, 1.165) is 28.8 Å². The van der Waals surface area contributed by atoms with Crippen molar-refractivity contribution in [2.45, 2.75) is 6.54 Å². The molecule has 0 aliphatic heterocycles. The van der Waals surface area contributed by atoms with Crippen LogP contribution in [0, 0.1) is 0 Å². The number of carbonyl (C=O) groups excluding carboxylic acids is 1. The number of aromatic nitrogens is 3. The second kappa shape index (κ2) is 9.20. The summed E-state index contributed by atoms with van der Waals surface area (Å²) in [4.78, 5) is 27.5. The lowest BCUT2D eigenvalue weighted by molar-refractivity contribution is 0.0951. The first-order valence-electron chi connectivity index (χ1n) is 10.6. The Hall–Kier alpha value is -3.71. The quantitative estimate of drug-likeness (QED) is 0.490. The Morgan fingerprint density at radius 2 is 1.94 bits per heavy atom. The number of likely N-dealkylation sites (N-methyl/N-ethyl adjacent to an activating group) is 1. The largest absolute Gasteiger partial charge is 0.351 e. The van der Waals surface area contributed by atoms with Gasteiger partial charge in [-0.3, -0.25) is 14.3 Å². The van der Waals surface area contributed by atoms with Gasteiger partial charge >= 0.3 is 0 Å². The standard InChI is InChI=1S/C25H27N5O2/c1-28(2)14-12-26-24(31)21-6-4-5-18(15-21)17-30-13-10-19-16-20(7-8-22(19)25(30)32)23-9-11-27-29(23)3/h4-11,13,15-16H,12,14,17H2,1-3H3,(H,26,31). The molecule has 0 fully saturated rings. The van der Waals surface area contributed by atoms with Gasteiger partial charge in [-0.2, -0.15) is 5.10 Å². The van der Waals surface area contributed by atoms with Crippen LogP contribution in [0.15, 0.2) is 71.8 Å². The molecule has 0 saturated heterocycles. The van der Waals surface area contributed by atoms with Gasteiger partial charge in [0.05, 0.1) is 12.2 Å². The van der Waals surface area contributed by atoms with E-state index in [1.165, 1.54) is 0 Å². The summed E-state index contributed by atoms with van der Waals surface area (Å²) in [5, 5.41) is 8.69. The van der Waals surface area contributed by atoms with Crippen molar-refractivity contribution in [1.82, 2.24) is 24.6 Å². The summed E-state index contributed by atoms with van der Waals surface area (Å²) < 4.78 is 3.49. The maximum Gasteiger partial charge on any atom is 0.258 e. The Bertz CT molecular complexity index is 1320. The van der Waals surface area contributed by atoms with Crippen LogP contribution in [0.25, 0.3) is 22.0 Å². The lowest BCUT2D eigenvalue weighted by Gasteiger charge is -2.12. The van der Waals surface area contributed by atoms with Crippen molar-refractivity contribution < 1.29 is 4.79 Å². The van der Waals surface area contributed by atoms with Gasteiger partial charge in [0, 0.05) is 49.0 Å². The molecule has 1 N–H and O–H groups in total. The average molecular weight is 430 g/mol. The second-order valence-corrected chi connectivity index (χ2v) is 8.15. The molecule has 0 spiro atoms. The van der Waals surface area contributed by atoms with Crippen molar-refractivity contribution >= 4 is 16.7 Å². The van der Waals surface area contributed by atoms with E-state index >= 15 is 0 Å². The predicted molar refractivity (Wildman–Crippen MR) is 127 cm³/mol. The van der Waals surface area contributed by atoms with Crippen molar-refractivity contribution in [3.05, 3.63) is 88.5 Å². The van der Waals surface area contributed by atoms with Gasteiger partial charge in [-0.15, -0.1) is 0 Å². The van der Waals surface area contributed by atoms with Gasteiger partial charge in [0.2, 0.25) is 0 Å². The number of pyridine rings is 1. The van der Waals surface area contributed by atoms with E-state index < -0.39 is 0 Å². The van der Waals surface area contributed by atoms with Crippen molar-refractivity contribution in [2.75, 3.05) is 27.2 Å². The summed E-state index contributed by atoms with van der Waals surface area (Å²) in [6.45, 7) is 1.76. The van der Waals surface area contributed by atoms with Crippen LogP contribution in [0.5, 0.6) is 0 Å². The van der Waals surface area contributed by atoms with Crippen molar-refractivity contribution in [2.24, 2.45) is 7.05 Å². The highest BCUT2D eigenvalue weighted by Gasteiger charge is 2.10. The molecule has 2 aromatic carbocycles. The summed E-state index contributed by atoms with van der Waals surface area (Å²) in [7, 11) is 5.83. The minimum absolute atomic E-state index is 0.0557. The van der Waals surface area contributed by atoms with Gasteiger partial charge in [0.1, 0.15) is 0 Å². The summed E-state index contributed by atoms with van der Waals surface area (Å²) in [6, 6.07) is 17.1. The van der Waals surface area contributed by atoms with Gasteiger partial charge in [0.15, 0.2) is 0 Å². The highest BCUT2D eigenvalue weighted by molar-refractivity contribution is 5.94. The van der Waals surface area contributed by atoms with Crippen molar-refractivity contribution in [1.29, 1.82) is 0 Å². The highest BCUT2D eigenvalue weighted by atomic mass is 16.1. The van der Waals surface area contributed by atoms with Crippen LogP contribution in [0.3, 0.4) is 0 Å². The summed E-state index contributed by atoms with van der Waals surface area (Å²) in [5.41, 5.74) is 3.45. The number of carbonyl (C=O) groups is 1. The van der Waals surface area contributed by atoms with Crippen LogP contribution in [0.1, 0.15) is 15.9 Å². The molecule has 0 bridgehead atoms. The molecule has 2 heterocycles. The molecule has 0 aliphatic rings. The van der Waals surface area contributed by atoms with Crippen LogP contribution >= 0.6 is 0 Å². The molecular weight excluding hydrogens is 402 g/mol. The van der Waals surface area contributed by atoms with Crippen molar-refractivity contribution in [3.8, 4) is 11.3 Å². The van der Waals surface area contributed by atoms with E-state index in [4.69, 9.17) is 0 Å². The number of hydrogen-bond donors (Lipinski definition) is 1. The molecule has 0 radical (unpaired) electrons. The molecule has 4 aromatic rings. The van der Waals surface area contributed by atoms with Crippen LogP contribution in [0.2, 0.25) is 0 Å². The topological polar surface area (TPSA) is 72.2 Å². The van der Waals surface area contributed by atoms with Gasteiger partial charge in [0.25, 0.3) is 11.5 Å². The first-order chi connectivity index (χ1) is 15.4. The highest BCUT2D eigenvalue weighted by Crippen LogP contribution is 2.22. The summed E-state index contributed by atoms with van der Waals surface area (Å²) >= 11 is 0. The van der Waals surface area contributed by atoms with Gasteiger partial charge in [-0.25, -0.2) is 0 Å². The zero-order valence-electron chi connectivity index (χ0n) is 18.6. The molecule has 1 amide bonds. The molecule has 164 valence electrons. The molecule has 4 rings (SSSR count). The number of benzene rings is 2. The number of nitrogens with one attached hydrogen (secondary N) is 1. The SMILES string of the molecule is CN(C)CCNC(=O)c1cccc(Cn2ccc3cc(-c4ccnn4C)ccc3c2=O)c1. The minimum Gasteiger partial charge on any atom is -0.351 e. The lowest BCUT2D eigenvalue weighted by atomic mass is 10.1. The first-order valence-corrected chi connectivity index (χ1v) is 10.6. The van der Waals surface area contributed by atoms with E-state index in [2.05, 4.69) is 10.4 Å². The van der Waals surface area contributed by atoms with Crippen LogP contribution in [-0.2, 0) is 13.6 Å². The third kappa shape index (κ3) is 4.63. The first kappa shape index (κ1) is 21.5. The number of nitrogens with zero attached hydrogens (tertiary/aromatic N) is 4.